The first-order valence-corrected chi connectivity index (χ1v) is 10.3. The lowest BCUT2D eigenvalue weighted by molar-refractivity contribution is -0.134. The number of nitrogens with zero attached hydrogens (tertiary/aromatic N) is 5. The summed E-state index contributed by atoms with van der Waals surface area (Å²) >= 11 is 1.38. The van der Waals surface area contributed by atoms with Crippen LogP contribution in [-0.2, 0) is 18.3 Å². The molecule has 150 valence electrons. The van der Waals surface area contributed by atoms with Crippen molar-refractivity contribution >= 4 is 22.2 Å². The second kappa shape index (κ2) is 7.50. The van der Waals surface area contributed by atoms with Crippen LogP contribution in [0.15, 0.2) is 16.2 Å². The zero-order valence-electron chi connectivity index (χ0n) is 17.5. The molecule has 1 amide bonds. The molecule has 3 heterocycles. The Morgan fingerprint density at radius 2 is 1.86 bits per heavy atom. The van der Waals surface area contributed by atoms with E-state index in [1.807, 2.05) is 64.9 Å². The van der Waals surface area contributed by atoms with Gasteiger partial charge in [-0.15, -0.1) is 11.3 Å². The first-order chi connectivity index (χ1) is 13.1. The number of amides is 1. The number of rotatable bonds is 5. The molecule has 0 saturated heterocycles. The Kier molecular flexibility index (Phi) is 5.43. The third-order valence-corrected chi connectivity index (χ3v) is 5.69. The Hall–Kier alpha value is -2.48. The van der Waals surface area contributed by atoms with Crippen LogP contribution in [0, 0.1) is 13.8 Å². The highest BCUT2D eigenvalue weighted by molar-refractivity contribution is 7.15. The number of fused-ring (bicyclic) bond motifs is 1. The van der Waals surface area contributed by atoms with Crippen molar-refractivity contribution in [2.45, 2.75) is 60.0 Å². The van der Waals surface area contributed by atoms with E-state index in [9.17, 15) is 9.59 Å². The average molecular weight is 402 g/mol. The summed E-state index contributed by atoms with van der Waals surface area (Å²) in [6.07, 6.45) is 0.171. The fourth-order valence-corrected chi connectivity index (χ4v) is 4.71. The van der Waals surface area contributed by atoms with Crippen LogP contribution in [0.5, 0.6) is 0 Å². The lowest BCUT2D eigenvalue weighted by Crippen LogP contribution is -2.43. The monoisotopic (exact) mass is 401 g/mol. The van der Waals surface area contributed by atoms with Crippen LogP contribution in [0.3, 0.4) is 0 Å². The van der Waals surface area contributed by atoms with Crippen molar-refractivity contribution in [1.82, 2.24) is 24.1 Å². The van der Waals surface area contributed by atoms with E-state index < -0.39 is 0 Å². The predicted octanol–water partition coefficient (Wildman–Crippen LogP) is 2.96. The molecular formula is C20H27N5O2S. The lowest BCUT2D eigenvalue weighted by atomic mass is 10.1. The molecule has 8 heteroatoms. The minimum absolute atomic E-state index is 0.00935. The van der Waals surface area contributed by atoms with E-state index in [1.165, 1.54) is 11.3 Å². The number of carbonyl (C=O) groups is 1. The maximum atomic E-state index is 13.4. The Balaban J connectivity index is 2.12. The van der Waals surface area contributed by atoms with Gasteiger partial charge in [-0.25, -0.2) is 4.98 Å². The molecule has 0 radical (unpaired) electrons. The highest BCUT2D eigenvalue weighted by atomic mass is 32.1. The summed E-state index contributed by atoms with van der Waals surface area (Å²) in [7, 11) is 1.82. The molecule has 0 N–H and O–H groups in total. The van der Waals surface area contributed by atoms with Gasteiger partial charge in [0.25, 0.3) is 5.56 Å². The highest BCUT2D eigenvalue weighted by Gasteiger charge is 2.23. The quantitative estimate of drug-likeness (QED) is 0.659. The van der Waals surface area contributed by atoms with Crippen LogP contribution in [0.1, 0.15) is 44.8 Å². The summed E-state index contributed by atoms with van der Waals surface area (Å²) in [6.45, 7) is 11.7. The van der Waals surface area contributed by atoms with Gasteiger partial charge in [-0.05, 0) is 47.6 Å². The molecule has 28 heavy (non-hydrogen) atoms. The summed E-state index contributed by atoms with van der Waals surface area (Å²) in [5, 5.41) is 6.21. The van der Waals surface area contributed by atoms with Gasteiger partial charge in [0.1, 0.15) is 0 Å². The topological polar surface area (TPSA) is 72.5 Å². The average Bonchev–Trinajstić information content (AvgIpc) is 3.09. The molecule has 0 aliphatic heterocycles. The van der Waals surface area contributed by atoms with Crippen molar-refractivity contribution in [3.05, 3.63) is 38.9 Å². The van der Waals surface area contributed by atoms with E-state index >= 15 is 0 Å². The van der Waals surface area contributed by atoms with E-state index in [0.29, 0.717) is 21.9 Å². The molecule has 0 unspecified atom stereocenters. The second-order valence-electron chi connectivity index (χ2n) is 7.68. The fraction of sp³-hybridized carbons (Fsp3) is 0.500. The van der Waals surface area contributed by atoms with E-state index in [4.69, 9.17) is 0 Å². The van der Waals surface area contributed by atoms with Gasteiger partial charge in [0.05, 0.1) is 29.1 Å². The molecule has 0 aromatic carbocycles. The van der Waals surface area contributed by atoms with Crippen LogP contribution >= 0.6 is 11.3 Å². The van der Waals surface area contributed by atoms with Gasteiger partial charge in [-0.1, -0.05) is 0 Å². The van der Waals surface area contributed by atoms with E-state index in [-0.39, 0.29) is 30.0 Å². The van der Waals surface area contributed by atoms with Crippen LogP contribution in [0.25, 0.3) is 16.2 Å². The summed E-state index contributed by atoms with van der Waals surface area (Å²) in [5.41, 5.74) is 3.28. The molecule has 3 aromatic rings. The smallest absolute Gasteiger partial charge is 0.268 e. The molecule has 0 bridgehead atoms. The van der Waals surface area contributed by atoms with Crippen molar-refractivity contribution in [3.8, 4) is 11.3 Å². The SMILES string of the molecule is Cc1cc(-c2c(C)nc3scc(CC(=O)N(C(C)C)C(C)C)n3c2=O)n(C)n1. The number of hydrogen-bond donors (Lipinski definition) is 0. The summed E-state index contributed by atoms with van der Waals surface area (Å²) < 4.78 is 3.27. The van der Waals surface area contributed by atoms with Gasteiger partial charge >= 0.3 is 0 Å². The molecule has 0 aliphatic carbocycles. The Bertz CT molecular complexity index is 1080. The zero-order valence-corrected chi connectivity index (χ0v) is 18.3. The molecule has 3 aromatic heterocycles. The predicted molar refractivity (Wildman–Crippen MR) is 112 cm³/mol. The highest BCUT2D eigenvalue weighted by Crippen LogP contribution is 2.23. The number of aromatic nitrogens is 4. The molecule has 0 saturated carbocycles. The molecule has 3 rings (SSSR count). The second-order valence-corrected chi connectivity index (χ2v) is 8.52. The molecule has 0 aliphatic rings. The van der Waals surface area contributed by atoms with Crippen molar-refractivity contribution < 1.29 is 4.79 Å². The fourth-order valence-electron chi connectivity index (χ4n) is 3.79. The van der Waals surface area contributed by atoms with Gasteiger partial charge in [-0.3, -0.25) is 18.7 Å². The van der Waals surface area contributed by atoms with Gasteiger partial charge in [0.15, 0.2) is 4.96 Å². The van der Waals surface area contributed by atoms with Gasteiger partial charge in [-0.2, -0.15) is 5.10 Å². The maximum Gasteiger partial charge on any atom is 0.268 e. The first kappa shape index (κ1) is 20.3. The normalized spacial score (nSPS) is 11.8. The molecule has 7 nitrogen and oxygen atoms in total. The number of hydrogen-bond acceptors (Lipinski definition) is 5. The van der Waals surface area contributed by atoms with E-state index in [0.717, 1.165) is 11.4 Å². The first-order valence-electron chi connectivity index (χ1n) is 9.43. The van der Waals surface area contributed by atoms with Gasteiger partial charge in [0.2, 0.25) is 5.91 Å². The third kappa shape index (κ3) is 3.48. The minimum Gasteiger partial charge on any atom is -0.338 e. The molecule has 0 fully saturated rings. The van der Waals surface area contributed by atoms with Crippen LogP contribution in [-0.4, -0.2) is 42.1 Å². The number of carbonyl (C=O) groups excluding carboxylic acids is 1. The summed E-state index contributed by atoms with van der Waals surface area (Å²) in [6, 6.07) is 2.08. The summed E-state index contributed by atoms with van der Waals surface area (Å²) in [4.78, 5) is 33.4. The zero-order chi connectivity index (χ0) is 20.7. The Labute approximate surface area is 168 Å². The van der Waals surface area contributed by atoms with Gasteiger partial charge in [0, 0.05) is 30.2 Å². The van der Waals surface area contributed by atoms with Crippen molar-refractivity contribution in [2.75, 3.05) is 0 Å². The van der Waals surface area contributed by atoms with Crippen molar-refractivity contribution in [2.24, 2.45) is 7.05 Å². The molecule has 0 atom stereocenters. The standard InChI is InChI=1S/C20H27N5O2S/c1-11(2)24(12(3)4)17(26)9-15-10-28-20-21-14(6)18(19(27)25(15)20)16-8-13(5)22-23(16)7/h8,10-12H,9H2,1-7H3. The van der Waals surface area contributed by atoms with Crippen LogP contribution < -0.4 is 5.56 Å². The van der Waals surface area contributed by atoms with Crippen molar-refractivity contribution in [3.63, 3.8) is 0 Å². The molecule has 0 spiro atoms. The maximum absolute atomic E-state index is 13.4. The Morgan fingerprint density at radius 3 is 2.39 bits per heavy atom. The number of aryl methyl sites for hydroxylation is 3. The van der Waals surface area contributed by atoms with Gasteiger partial charge < -0.3 is 4.90 Å². The van der Waals surface area contributed by atoms with E-state index in [1.54, 1.807) is 9.08 Å². The molecular weight excluding hydrogens is 374 g/mol. The minimum atomic E-state index is -0.157. The van der Waals surface area contributed by atoms with E-state index in [2.05, 4.69) is 10.1 Å². The largest absolute Gasteiger partial charge is 0.338 e. The third-order valence-electron chi connectivity index (χ3n) is 4.81. The summed E-state index contributed by atoms with van der Waals surface area (Å²) in [5.74, 6) is 0.00935. The van der Waals surface area contributed by atoms with Crippen molar-refractivity contribution in [1.29, 1.82) is 0 Å². The lowest BCUT2D eigenvalue weighted by Gasteiger charge is -2.30. The van der Waals surface area contributed by atoms with Crippen LogP contribution in [0.4, 0.5) is 0 Å². The number of thiazole rings is 1. The van der Waals surface area contributed by atoms with Crippen LogP contribution in [0.2, 0.25) is 0 Å². The Morgan fingerprint density at radius 1 is 1.21 bits per heavy atom.